The highest BCUT2D eigenvalue weighted by atomic mass is 28.4. The van der Waals surface area contributed by atoms with Crippen molar-refractivity contribution in [1.82, 2.24) is 4.90 Å². The number of hydrogen-bond acceptors (Lipinski definition) is 4. The van der Waals surface area contributed by atoms with E-state index in [4.69, 9.17) is 9.16 Å². The molecule has 1 aliphatic heterocycles. The summed E-state index contributed by atoms with van der Waals surface area (Å²) in [6, 6.07) is 8.99. The third-order valence-corrected chi connectivity index (χ3v) is 9.45. The molecule has 0 N–H and O–H groups in total. The number of carbonyl (C=O) groups excluding carboxylic acids is 2. The predicted molar refractivity (Wildman–Crippen MR) is 99.6 cm³/mol. The average molecular weight is 364 g/mol. The predicted octanol–water partition coefficient (Wildman–Crippen LogP) is 4.34. The molecule has 6 heteroatoms. The van der Waals surface area contributed by atoms with Gasteiger partial charge in [-0.1, -0.05) is 51.1 Å². The second-order valence-corrected chi connectivity index (χ2v) is 12.8. The Morgan fingerprint density at radius 2 is 1.84 bits per heavy atom. The first kappa shape index (κ1) is 19.5. The number of nitrogens with zero attached hydrogens (tertiary/aromatic N) is 1. The number of likely N-dealkylation sites (tertiary alicyclic amines) is 1. The van der Waals surface area contributed by atoms with E-state index in [9.17, 15) is 9.59 Å². The van der Waals surface area contributed by atoms with Gasteiger partial charge in [0, 0.05) is 6.54 Å². The summed E-state index contributed by atoms with van der Waals surface area (Å²) in [5.41, 5.74) is 0.926. The van der Waals surface area contributed by atoms with Crippen molar-refractivity contribution in [3.63, 3.8) is 0 Å². The Hall–Kier alpha value is -1.82. The molecule has 0 aromatic heterocycles. The molecular weight excluding hydrogens is 334 g/mol. The van der Waals surface area contributed by atoms with E-state index in [1.54, 1.807) is 0 Å². The van der Waals surface area contributed by atoms with Crippen LogP contribution in [0.3, 0.4) is 0 Å². The highest BCUT2D eigenvalue weighted by Gasteiger charge is 2.44. The normalized spacial score (nSPS) is 18.1. The Balaban J connectivity index is 1.97. The first-order valence-corrected chi connectivity index (χ1v) is 11.7. The lowest BCUT2D eigenvalue weighted by atomic mass is 10.2. The molecule has 0 spiro atoms. The van der Waals surface area contributed by atoms with Crippen LogP contribution >= 0.6 is 0 Å². The van der Waals surface area contributed by atoms with E-state index in [0.29, 0.717) is 13.0 Å². The van der Waals surface area contributed by atoms with Crippen LogP contribution in [0.1, 0.15) is 39.2 Å². The van der Waals surface area contributed by atoms with Gasteiger partial charge in [-0.05, 0) is 36.5 Å². The van der Waals surface area contributed by atoms with E-state index in [-0.39, 0.29) is 17.6 Å². The molecule has 1 atom stereocenters. The summed E-state index contributed by atoms with van der Waals surface area (Å²) in [6.45, 7) is 11.1. The van der Waals surface area contributed by atoms with Crippen LogP contribution in [0.4, 0.5) is 4.79 Å². The van der Waals surface area contributed by atoms with Crippen LogP contribution in [0.15, 0.2) is 30.3 Å². The second kappa shape index (κ2) is 7.60. The first-order chi connectivity index (χ1) is 11.6. The van der Waals surface area contributed by atoms with Crippen molar-refractivity contribution in [3.8, 4) is 0 Å². The lowest BCUT2D eigenvalue weighted by Crippen LogP contribution is -2.49. The van der Waals surface area contributed by atoms with Gasteiger partial charge < -0.3 is 9.16 Å². The second-order valence-electron chi connectivity index (χ2n) is 8.07. The first-order valence-electron chi connectivity index (χ1n) is 8.82. The topological polar surface area (TPSA) is 55.8 Å². The highest BCUT2D eigenvalue weighted by Crippen LogP contribution is 2.37. The van der Waals surface area contributed by atoms with E-state index in [1.807, 2.05) is 43.4 Å². The molecule has 0 unspecified atom stereocenters. The molecule has 1 amide bonds. The van der Waals surface area contributed by atoms with Crippen LogP contribution in [0.2, 0.25) is 18.1 Å². The molecule has 0 radical (unpaired) electrons. The Labute approximate surface area is 151 Å². The van der Waals surface area contributed by atoms with Gasteiger partial charge in [-0.25, -0.2) is 4.79 Å². The van der Waals surface area contributed by atoms with E-state index in [0.717, 1.165) is 12.0 Å². The number of carbonyl (C=O) groups is 2. The van der Waals surface area contributed by atoms with Crippen molar-refractivity contribution in [1.29, 1.82) is 0 Å². The summed E-state index contributed by atoms with van der Waals surface area (Å²) >= 11 is 0. The molecule has 1 aromatic rings. The molecule has 5 nitrogen and oxygen atoms in total. The molecule has 138 valence electrons. The van der Waals surface area contributed by atoms with Gasteiger partial charge in [0.25, 0.3) is 8.32 Å². The third-order valence-electron chi connectivity index (χ3n) is 5.13. The zero-order valence-electron chi connectivity index (χ0n) is 15.9. The van der Waals surface area contributed by atoms with Gasteiger partial charge in [-0.15, -0.1) is 0 Å². The molecule has 1 heterocycles. The number of ether oxygens (including phenoxy) is 1. The standard InChI is InChI=1S/C19H29NO4Si/c1-19(2,3)25(4,5)24-17(21)16-12-9-13-20(16)18(22)23-14-15-10-7-6-8-11-15/h6-8,10-11,16H,9,12-14H2,1-5H3/t16-/m0/s1. The lowest BCUT2D eigenvalue weighted by molar-refractivity contribution is -0.140. The van der Waals surface area contributed by atoms with Crippen molar-refractivity contribution in [3.05, 3.63) is 35.9 Å². The summed E-state index contributed by atoms with van der Waals surface area (Å²) < 4.78 is 11.3. The monoisotopic (exact) mass is 363 g/mol. The van der Waals surface area contributed by atoms with Crippen LogP contribution in [0.5, 0.6) is 0 Å². The van der Waals surface area contributed by atoms with Crippen LogP contribution in [0, 0.1) is 0 Å². The molecule has 25 heavy (non-hydrogen) atoms. The zero-order chi connectivity index (χ0) is 18.7. The fraction of sp³-hybridized carbons (Fsp3) is 0.579. The quantitative estimate of drug-likeness (QED) is 0.747. The fourth-order valence-corrected chi connectivity index (χ4v) is 3.45. The summed E-state index contributed by atoms with van der Waals surface area (Å²) in [5.74, 6) is -0.291. The Bertz CT molecular complexity index is 610. The maximum atomic E-state index is 12.7. The molecular formula is C19H29NO4Si. The molecule has 1 aliphatic rings. The van der Waals surface area contributed by atoms with Crippen LogP contribution in [-0.2, 0) is 20.6 Å². The molecule has 2 rings (SSSR count). The van der Waals surface area contributed by atoms with E-state index in [2.05, 4.69) is 20.8 Å². The third kappa shape index (κ3) is 4.84. The minimum atomic E-state index is -2.20. The Morgan fingerprint density at radius 3 is 2.44 bits per heavy atom. The minimum absolute atomic E-state index is 0.0556. The Morgan fingerprint density at radius 1 is 1.20 bits per heavy atom. The molecule has 1 aromatic carbocycles. The van der Waals surface area contributed by atoms with Crippen molar-refractivity contribution < 1.29 is 18.8 Å². The maximum absolute atomic E-state index is 12.7. The average Bonchev–Trinajstić information content (AvgIpc) is 3.02. The molecule has 0 bridgehead atoms. The number of benzene rings is 1. The zero-order valence-corrected chi connectivity index (χ0v) is 16.9. The molecule has 1 fully saturated rings. The molecule has 0 aliphatic carbocycles. The highest BCUT2D eigenvalue weighted by molar-refractivity contribution is 6.75. The maximum Gasteiger partial charge on any atom is 0.410 e. The van der Waals surface area contributed by atoms with Gasteiger partial charge >= 0.3 is 12.1 Å². The molecule has 1 saturated heterocycles. The van der Waals surface area contributed by atoms with Crippen LogP contribution < -0.4 is 0 Å². The smallest absolute Gasteiger partial charge is 0.410 e. The van der Waals surface area contributed by atoms with Crippen molar-refractivity contribution >= 4 is 20.4 Å². The number of rotatable bonds is 4. The minimum Gasteiger partial charge on any atom is -0.518 e. The summed E-state index contributed by atoms with van der Waals surface area (Å²) in [5, 5.41) is -0.0556. The van der Waals surface area contributed by atoms with Crippen LogP contribution in [-0.4, -0.2) is 37.9 Å². The number of hydrogen-bond donors (Lipinski definition) is 0. The van der Waals surface area contributed by atoms with E-state index >= 15 is 0 Å². The van der Waals surface area contributed by atoms with Gasteiger partial charge in [-0.3, -0.25) is 9.69 Å². The summed E-state index contributed by atoms with van der Waals surface area (Å²) in [6.07, 6.45) is 0.976. The van der Waals surface area contributed by atoms with E-state index < -0.39 is 20.5 Å². The number of amides is 1. The van der Waals surface area contributed by atoms with Gasteiger partial charge in [-0.2, -0.15) is 0 Å². The van der Waals surface area contributed by atoms with Crippen molar-refractivity contribution in [2.75, 3.05) is 6.54 Å². The largest absolute Gasteiger partial charge is 0.518 e. The van der Waals surface area contributed by atoms with Crippen molar-refractivity contribution in [2.45, 2.75) is 64.4 Å². The van der Waals surface area contributed by atoms with Crippen LogP contribution in [0.25, 0.3) is 0 Å². The van der Waals surface area contributed by atoms with Gasteiger partial charge in [0.15, 0.2) is 0 Å². The fourth-order valence-electron chi connectivity index (χ4n) is 2.51. The SMILES string of the molecule is CC(C)(C)[Si](C)(C)OC(=O)[C@@H]1CCCN1C(=O)OCc1ccccc1. The van der Waals surface area contributed by atoms with E-state index in [1.165, 1.54) is 4.90 Å². The molecule has 0 saturated carbocycles. The van der Waals surface area contributed by atoms with Gasteiger partial charge in [0.05, 0.1) is 0 Å². The van der Waals surface area contributed by atoms with Gasteiger partial charge in [0.2, 0.25) is 0 Å². The summed E-state index contributed by atoms with van der Waals surface area (Å²) in [7, 11) is -2.20. The summed E-state index contributed by atoms with van der Waals surface area (Å²) in [4.78, 5) is 26.6. The Kier molecular flexibility index (Phi) is 5.93. The lowest BCUT2D eigenvalue weighted by Gasteiger charge is -2.37. The van der Waals surface area contributed by atoms with Gasteiger partial charge in [0.1, 0.15) is 12.6 Å². The van der Waals surface area contributed by atoms with Crippen molar-refractivity contribution in [2.24, 2.45) is 0 Å².